The summed E-state index contributed by atoms with van der Waals surface area (Å²) in [7, 11) is 1.94. The van der Waals surface area contributed by atoms with Crippen LogP contribution in [-0.2, 0) is 0 Å². The average molecular weight is 263 g/mol. The lowest BCUT2D eigenvalue weighted by Crippen LogP contribution is -2.24. The predicted octanol–water partition coefficient (Wildman–Crippen LogP) is 2.91. The predicted molar refractivity (Wildman–Crippen MR) is 74.7 cm³/mol. The van der Waals surface area contributed by atoms with Gasteiger partial charge < -0.3 is 10.6 Å². The largest absolute Gasteiger partial charge is 0.381 e. The van der Waals surface area contributed by atoms with E-state index in [2.05, 4.69) is 16.9 Å². The van der Waals surface area contributed by atoms with Crippen LogP contribution in [0.15, 0.2) is 36.7 Å². The standard InChI is InChI=1S/C13H15ClN4/c1-9(10-4-3-5-11(14)8-10)18(2)13-12(15)16-6-7-17-13/h3-9H,1-2H3,(H2,15,16). The number of nitrogens with zero attached hydrogens (tertiary/aromatic N) is 3. The van der Waals surface area contributed by atoms with Crippen molar-refractivity contribution in [2.24, 2.45) is 0 Å². The third kappa shape index (κ3) is 2.54. The number of anilines is 2. The van der Waals surface area contributed by atoms with E-state index in [1.165, 1.54) is 0 Å². The molecule has 18 heavy (non-hydrogen) atoms. The average Bonchev–Trinajstić information content (AvgIpc) is 2.37. The van der Waals surface area contributed by atoms with E-state index in [0.29, 0.717) is 11.6 Å². The van der Waals surface area contributed by atoms with Crippen LogP contribution in [0.4, 0.5) is 11.6 Å². The van der Waals surface area contributed by atoms with Crippen molar-refractivity contribution in [1.82, 2.24) is 9.97 Å². The van der Waals surface area contributed by atoms with Crippen LogP contribution >= 0.6 is 11.6 Å². The zero-order valence-electron chi connectivity index (χ0n) is 10.3. The van der Waals surface area contributed by atoms with Crippen LogP contribution in [0.1, 0.15) is 18.5 Å². The summed E-state index contributed by atoms with van der Waals surface area (Å²) in [5.74, 6) is 1.10. The molecule has 0 saturated heterocycles. The molecule has 1 atom stereocenters. The fraction of sp³-hybridized carbons (Fsp3) is 0.231. The Hall–Kier alpha value is -1.81. The number of hydrogen-bond acceptors (Lipinski definition) is 4. The molecule has 2 aromatic rings. The van der Waals surface area contributed by atoms with Crippen molar-refractivity contribution in [1.29, 1.82) is 0 Å². The highest BCUT2D eigenvalue weighted by Crippen LogP contribution is 2.27. The number of nitrogen functional groups attached to an aromatic ring is 1. The van der Waals surface area contributed by atoms with Crippen LogP contribution in [0.25, 0.3) is 0 Å². The van der Waals surface area contributed by atoms with Crippen molar-refractivity contribution in [3.05, 3.63) is 47.2 Å². The van der Waals surface area contributed by atoms with Crippen molar-refractivity contribution in [2.45, 2.75) is 13.0 Å². The lowest BCUT2D eigenvalue weighted by molar-refractivity contribution is 0.728. The van der Waals surface area contributed by atoms with Gasteiger partial charge in [-0.1, -0.05) is 23.7 Å². The van der Waals surface area contributed by atoms with Gasteiger partial charge in [0.05, 0.1) is 6.04 Å². The monoisotopic (exact) mass is 262 g/mol. The van der Waals surface area contributed by atoms with Crippen LogP contribution in [0.5, 0.6) is 0 Å². The van der Waals surface area contributed by atoms with Gasteiger partial charge in [-0.2, -0.15) is 0 Å². The zero-order chi connectivity index (χ0) is 13.1. The van der Waals surface area contributed by atoms with E-state index in [-0.39, 0.29) is 6.04 Å². The summed E-state index contributed by atoms with van der Waals surface area (Å²) in [5, 5.41) is 0.722. The lowest BCUT2D eigenvalue weighted by atomic mass is 10.1. The smallest absolute Gasteiger partial charge is 0.171 e. The van der Waals surface area contributed by atoms with E-state index in [9.17, 15) is 0 Å². The van der Waals surface area contributed by atoms with Crippen LogP contribution in [0, 0.1) is 0 Å². The minimum atomic E-state index is 0.114. The first-order valence-corrected chi connectivity index (χ1v) is 6.02. The molecule has 1 unspecified atom stereocenters. The molecular formula is C13H15ClN4. The van der Waals surface area contributed by atoms with Gasteiger partial charge in [0.2, 0.25) is 0 Å². The normalized spacial score (nSPS) is 12.2. The number of aromatic nitrogens is 2. The van der Waals surface area contributed by atoms with Crippen LogP contribution in [0.2, 0.25) is 5.02 Å². The summed E-state index contributed by atoms with van der Waals surface area (Å²) in [6, 6.07) is 7.87. The van der Waals surface area contributed by atoms with Crippen molar-refractivity contribution >= 4 is 23.2 Å². The summed E-state index contributed by atoms with van der Waals surface area (Å²) in [4.78, 5) is 10.3. The molecule has 0 bridgehead atoms. The highest BCUT2D eigenvalue weighted by molar-refractivity contribution is 6.30. The van der Waals surface area contributed by atoms with E-state index < -0.39 is 0 Å². The summed E-state index contributed by atoms with van der Waals surface area (Å²) in [5.41, 5.74) is 6.93. The topological polar surface area (TPSA) is 55.0 Å². The highest BCUT2D eigenvalue weighted by Gasteiger charge is 2.16. The van der Waals surface area contributed by atoms with Gasteiger partial charge in [0, 0.05) is 24.5 Å². The number of rotatable bonds is 3. The Kier molecular flexibility index (Phi) is 3.67. The van der Waals surface area contributed by atoms with E-state index in [0.717, 1.165) is 10.6 Å². The fourth-order valence-corrected chi connectivity index (χ4v) is 1.99. The zero-order valence-corrected chi connectivity index (χ0v) is 11.1. The van der Waals surface area contributed by atoms with Gasteiger partial charge in [-0.25, -0.2) is 9.97 Å². The third-order valence-electron chi connectivity index (χ3n) is 2.95. The molecule has 2 N–H and O–H groups in total. The Balaban J connectivity index is 2.29. The second-order valence-electron chi connectivity index (χ2n) is 4.11. The molecule has 94 valence electrons. The molecule has 0 aliphatic carbocycles. The van der Waals surface area contributed by atoms with E-state index in [1.807, 2.05) is 36.2 Å². The second kappa shape index (κ2) is 5.23. The van der Waals surface area contributed by atoms with Gasteiger partial charge in [-0.3, -0.25) is 0 Å². The molecule has 0 amide bonds. The van der Waals surface area contributed by atoms with Crippen LogP contribution in [0.3, 0.4) is 0 Å². The Labute approximate surface area is 111 Å². The van der Waals surface area contributed by atoms with E-state index >= 15 is 0 Å². The Morgan fingerprint density at radius 3 is 2.67 bits per heavy atom. The molecule has 1 aromatic carbocycles. The van der Waals surface area contributed by atoms with Gasteiger partial charge in [0.1, 0.15) is 0 Å². The first kappa shape index (κ1) is 12.6. The maximum absolute atomic E-state index is 6.00. The summed E-state index contributed by atoms with van der Waals surface area (Å²) >= 11 is 6.00. The molecule has 0 spiro atoms. The van der Waals surface area contributed by atoms with Crippen LogP contribution < -0.4 is 10.6 Å². The molecule has 2 rings (SSSR count). The quantitative estimate of drug-likeness (QED) is 0.924. The fourth-order valence-electron chi connectivity index (χ4n) is 1.79. The molecule has 0 saturated carbocycles. The minimum Gasteiger partial charge on any atom is -0.381 e. The van der Waals surface area contributed by atoms with Gasteiger partial charge in [0.25, 0.3) is 0 Å². The number of hydrogen-bond donors (Lipinski definition) is 1. The maximum Gasteiger partial charge on any atom is 0.171 e. The van der Waals surface area contributed by atoms with Crippen molar-refractivity contribution < 1.29 is 0 Å². The minimum absolute atomic E-state index is 0.114. The molecule has 5 heteroatoms. The highest BCUT2D eigenvalue weighted by atomic mass is 35.5. The van der Waals surface area contributed by atoms with Crippen molar-refractivity contribution in [3.8, 4) is 0 Å². The van der Waals surface area contributed by atoms with E-state index in [4.69, 9.17) is 17.3 Å². The Bertz CT molecular complexity index is 544. The summed E-state index contributed by atoms with van der Waals surface area (Å²) < 4.78 is 0. The van der Waals surface area contributed by atoms with Crippen molar-refractivity contribution in [3.63, 3.8) is 0 Å². The molecule has 0 aliphatic rings. The summed E-state index contributed by atoms with van der Waals surface area (Å²) in [6.07, 6.45) is 3.21. The first-order valence-electron chi connectivity index (χ1n) is 5.64. The molecule has 0 aliphatic heterocycles. The van der Waals surface area contributed by atoms with Crippen LogP contribution in [-0.4, -0.2) is 17.0 Å². The molecule has 1 heterocycles. The van der Waals surface area contributed by atoms with Gasteiger partial charge in [-0.15, -0.1) is 0 Å². The second-order valence-corrected chi connectivity index (χ2v) is 4.54. The number of nitrogens with two attached hydrogens (primary N) is 1. The number of halogens is 1. The summed E-state index contributed by atoms with van der Waals surface area (Å²) in [6.45, 7) is 2.07. The van der Waals surface area contributed by atoms with E-state index in [1.54, 1.807) is 12.4 Å². The third-order valence-corrected chi connectivity index (χ3v) is 3.19. The molecule has 4 nitrogen and oxygen atoms in total. The SMILES string of the molecule is CC(c1cccc(Cl)c1)N(C)c1nccnc1N. The van der Waals surface area contributed by atoms with Gasteiger partial charge in [0.15, 0.2) is 11.6 Å². The molecule has 0 fully saturated rings. The lowest BCUT2D eigenvalue weighted by Gasteiger charge is -2.26. The Morgan fingerprint density at radius 1 is 1.28 bits per heavy atom. The van der Waals surface area contributed by atoms with Gasteiger partial charge in [-0.05, 0) is 24.6 Å². The Morgan fingerprint density at radius 2 is 2.00 bits per heavy atom. The molecular weight excluding hydrogens is 248 g/mol. The molecule has 1 aromatic heterocycles. The molecule has 0 radical (unpaired) electrons. The maximum atomic E-state index is 6.00. The van der Waals surface area contributed by atoms with Gasteiger partial charge >= 0.3 is 0 Å². The number of benzene rings is 1. The van der Waals surface area contributed by atoms with Crippen molar-refractivity contribution in [2.75, 3.05) is 17.7 Å². The first-order chi connectivity index (χ1) is 8.59.